The summed E-state index contributed by atoms with van der Waals surface area (Å²) in [7, 11) is 0. The van der Waals surface area contributed by atoms with Crippen molar-refractivity contribution in [3.05, 3.63) is 0 Å². The number of hydrogen-bond acceptors (Lipinski definition) is 2. The number of aliphatic hydroxyl groups is 2. The van der Waals surface area contributed by atoms with E-state index < -0.39 is 11.2 Å². The fourth-order valence-electron chi connectivity index (χ4n) is 3.72. The van der Waals surface area contributed by atoms with Crippen molar-refractivity contribution >= 4 is 0 Å². The lowest BCUT2D eigenvalue weighted by Gasteiger charge is -2.40. The summed E-state index contributed by atoms with van der Waals surface area (Å²) in [6, 6.07) is 0. The molecule has 2 saturated carbocycles. The summed E-state index contributed by atoms with van der Waals surface area (Å²) in [6.45, 7) is 3.71. The molecule has 1 unspecified atom stereocenters. The third kappa shape index (κ3) is 2.21. The van der Waals surface area contributed by atoms with E-state index >= 15 is 0 Å². The first-order chi connectivity index (χ1) is 6.92. The Balaban J connectivity index is 2.07. The van der Waals surface area contributed by atoms with Gasteiger partial charge in [-0.25, -0.2) is 0 Å². The van der Waals surface area contributed by atoms with Crippen LogP contribution in [0.4, 0.5) is 0 Å². The molecule has 0 aliphatic heterocycles. The average molecular weight is 212 g/mol. The monoisotopic (exact) mass is 212 g/mol. The van der Waals surface area contributed by atoms with Crippen molar-refractivity contribution in [1.82, 2.24) is 0 Å². The molecule has 0 aromatic carbocycles. The maximum absolute atomic E-state index is 10.7. The van der Waals surface area contributed by atoms with Gasteiger partial charge in [-0.05, 0) is 57.8 Å². The maximum atomic E-state index is 10.7. The van der Waals surface area contributed by atoms with Gasteiger partial charge in [-0.1, -0.05) is 12.8 Å². The van der Waals surface area contributed by atoms with Crippen molar-refractivity contribution in [2.75, 3.05) is 0 Å². The Morgan fingerprint density at radius 1 is 1.20 bits per heavy atom. The van der Waals surface area contributed by atoms with E-state index in [1.165, 1.54) is 12.8 Å². The van der Waals surface area contributed by atoms with Crippen molar-refractivity contribution < 1.29 is 10.2 Å². The zero-order chi connectivity index (χ0) is 11.1. The Hall–Kier alpha value is -0.0800. The molecule has 2 fully saturated rings. The average Bonchev–Trinajstić information content (AvgIpc) is 2.41. The fraction of sp³-hybridized carbons (Fsp3) is 1.00. The SMILES string of the molecule is CC(C)(O)C[C@@H]1CCC2CCCC[C@@]21O. The van der Waals surface area contributed by atoms with Gasteiger partial charge in [-0.2, -0.15) is 0 Å². The van der Waals surface area contributed by atoms with Crippen LogP contribution in [0.5, 0.6) is 0 Å². The Morgan fingerprint density at radius 3 is 2.60 bits per heavy atom. The van der Waals surface area contributed by atoms with Gasteiger partial charge in [0.25, 0.3) is 0 Å². The Bertz CT molecular complexity index is 231. The topological polar surface area (TPSA) is 40.5 Å². The van der Waals surface area contributed by atoms with E-state index in [1.807, 2.05) is 13.8 Å². The standard InChI is InChI=1S/C13H24O2/c1-12(2,14)9-11-7-6-10-5-3-4-8-13(10,11)15/h10-11,14-15H,3-9H2,1-2H3/t10?,11-,13+/m0/s1. The third-order valence-electron chi connectivity index (χ3n) is 4.40. The third-order valence-corrected chi connectivity index (χ3v) is 4.40. The van der Waals surface area contributed by atoms with Crippen molar-refractivity contribution in [2.24, 2.45) is 11.8 Å². The lowest BCUT2D eigenvalue weighted by atomic mass is 9.71. The van der Waals surface area contributed by atoms with E-state index in [4.69, 9.17) is 0 Å². The molecule has 0 aromatic rings. The molecule has 2 N–H and O–H groups in total. The van der Waals surface area contributed by atoms with Crippen molar-refractivity contribution in [1.29, 1.82) is 0 Å². The van der Waals surface area contributed by atoms with Crippen LogP contribution in [0.2, 0.25) is 0 Å². The Morgan fingerprint density at radius 2 is 1.93 bits per heavy atom. The van der Waals surface area contributed by atoms with Crippen LogP contribution in [-0.2, 0) is 0 Å². The lowest BCUT2D eigenvalue weighted by Crippen LogP contribution is -2.44. The summed E-state index contributed by atoms with van der Waals surface area (Å²) in [5, 5.41) is 20.6. The molecule has 2 nitrogen and oxygen atoms in total. The zero-order valence-corrected chi connectivity index (χ0v) is 10.00. The van der Waals surface area contributed by atoms with Crippen LogP contribution in [0.3, 0.4) is 0 Å². The van der Waals surface area contributed by atoms with Crippen LogP contribution in [0, 0.1) is 11.8 Å². The van der Waals surface area contributed by atoms with Gasteiger partial charge in [0.1, 0.15) is 0 Å². The minimum atomic E-state index is -0.632. The van der Waals surface area contributed by atoms with E-state index in [0.29, 0.717) is 11.8 Å². The van der Waals surface area contributed by atoms with Crippen LogP contribution in [0.25, 0.3) is 0 Å². The zero-order valence-electron chi connectivity index (χ0n) is 10.00. The molecule has 0 heterocycles. The van der Waals surface area contributed by atoms with E-state index in [0.717, 1.165) is 32.1 Å². The summed E-state index contributed by atoms with van der Waals surface area (Å²) in [6.07, 6.45) is 7.61. The lowest BCUT2D eigenvalue weighted by molar-refractivity contribution is -0.0835. The van der Waals surface area contributed by atoms with Gasteiger partial charge in [0.2, 0.25) is 0 Å². The highest BCUT2D eigenvalue weighted by Gasteiger charge is 2.50. The summed E-state index contributed by atoms with van der Waals surface area (Å²) in [4.78, 5) is 0. The Labute approximate surface area is 92.7 Å². The van der Waals surface area contributed by atoms with Gasteiger partial charge in [0.15, 0.2) is 0 Å². The molecule has 0 amide bonds. The normalized spacial score (nSPS) is 41.6. The molecule has 0 saturated heterocycles. The maximum Gasteiger partial charge on any atom is 0.0704 e. The number of fused-ring (bicyclic) bond motifs is 1. The largest absolute Gasteiger partial charge is 0.390 e. The quantitative estimate of drug-likeness (QED) is 0.738. The van der Waals surface area contributed by atoms with Crippen molar-refractivity contribution in [2.45, 2.75) is 70.0 Å². The Kier molecular flexibility index (Phi) is 2.85. The van der Waals surface area contributed by atoms with Crippen LogP contribution >= 0.6 is 0 Å². The highest BCUT2D eigenvalue weighted by atomic mass is 16.3. The van der Waals surface area contributed by atoms with E-state index in [2.05, 4.69) is 0 Å². The molecule has 0 aromatic heterocycles. The smallest absolute Gasteiger partial charge is 0.0704 e. The van der Waals surface area contributed by atoms with Gasteiger partial charge >= 0.3 is 0 Å². The van der Waals surface area contributed by atoms with Crippen LogP contribution < -0.4 is 0 Å². The van der Waals surface area contributed by atoms with Gasteiger partial charge in [-0.3, -0.25) is 0 Å². The van der Waals surface area contributed by atoms with Gasteiger partial charge in [-0.15, -0.1) is 0 Å². The summed E-state index contributed by atoms with van der Waals surface area (Å²) < 4.78 is 0. The molecular weight excluding hydrogens is 188 g/mol. The first-order valence-electron chi connectivity index (χ1n) is 6.36. The molecule has 88 valence electrons. The van der Waals surface area contributed by atoms with Crippen LogP contribution in [-0.4, -0.2) is 21.4 Å². The molecular formula is C13H24O2. The van der Waals surface area contributed by atoms with E-state index in [1.54, 1.807) is 0 Å². The predicted octanol–water partition coefficient (Wildman–Crippen LogP) is 2.48. The fourth-order valence-corrected chi connectivity index (χ4v) is 3.72. The number of rotatable bonds is 2. The molecule has 0 spiro atoms. The molecule has 2 aliphatic carbocycles. The van der Waals surface area contributed by atoms with Crippen LogP contribution in [0.15, 0.2) is 0 Å². The van der Waals surface area contributed by atoms with E-state index in [-0.39, 0.29) is 0 Å². The second-order valence-electron chi connectivity index (χ2n) is 6.22. The van der Waals surface area contributed by atoms with Gasteiger partial charge < -0.3 is 10.2 Å². The predicted molar refractivity (Wildman–Crippen MR) is 60.5 cm³/mol. The molecule has 2 rings (SSSR count). The summed E-state index contributed by atoms with van der Waals surface area (Å²) in [5.41, 5.74) is -1.08. The second kappa shape index (κ2) is 3.74. The highest BCUT2D eigenvalue weighted by molar-refractivity contribution is 5.01. The number of hydrogen-bond donors (Lipinski definition) is 2. The second-order valence-corrected chi connectivity index (χ2v) is 6.22. The minimum absolute atomic E-state index is 0.322. The van der Waals surface area contributed by atoms with Gasteiger partial charge in [0.05, 0.1) is 11.2 Å². The molecule has 2 heteroatoms. The van der Waals surface area contributed by atoms with Crippen LogP contribution in [0.1, 0.15) is 58.8 Å². The minimum Gasteiger partial charge on any atom is -0.390 e. The first kappa shape index (κ1) is 11.4. The summed E-state index contributed by atoms with van der Waals surface area (Å²) >= 11 is 0. The first-order valence-corrected chi connectivity index (χ1v) is 6.36. The molecule has 15 heavy (non-hydrogen) atoms. The van der Waals surface area contributed by atoms with Crippen molar-refractivity contribution in [3.8, 4) is 0 Å². The van der Waals surface area contributed by atoms with Crippen molar-refractivity contribution in [3.63, 3.8) is 0 Å². The highest BCUT2D eigenvalue weighted by Crippen LogP contribution is 2.51. The van der Waals surface area contributed by atoms with Gasteiger partial charge in [0, 0.05) is 0 Å². The molecule has 0 bridgehead atoms. The molecule has 2 aliphatic rings. The summed E-state index contributed by atoms with van der Waals surface area (Å²) in [5.74, 6) is 0.835. The molecule has 0 radical (unpaired) electrons. The molecule has 3 atom stereocenters. The van der Waals surface area contributed by atoms with E-state index in [9.17, 15) is 10.2 Å².